The highest BCUT2D eigenvalue weighted by atomic mass is 16.6. The van der Waals surface area contributed by atoms with Gasteiger partial charge in [-0.05, 0) is 30.3 Å². The quantitative estimate of drug-likeness (QED) is 0.874. The van der Waals surface area contributed by atoms with E-state index < -0.39 is 0 Å². The van der Waals surface area contributed by atoms with Gasteiger partial charge >= 0.3 is 0 Å². The van der Waals surface area contributed by atoms with Crippen LogP contribution in [0.15, 0.2) is 36.4 Å². The normalized spacial score (nSPS) is 13.4. The number of ether oxygens (including phenoxy) is 2. The minimum atomic E-state index is 0.443. The fourth-order valence-electron chi connectivity index (χ4n) is 1.96. The van der Waals surface area contributed by atoms with Crippen LogP contribution in [-0.4, -0.2) is 18.2 Å². The van der Waals surface area contributed by atoms with Gasteiger partial charge in [0, 0.05) is 12.1 Å². The molecule has 0 unspecified atom stereocenters. The van der Waals surface area contributed by atoms with Crippen LogP contribution in [0.5, 0.6) is 11.5 Å². The van der Waals surface area contributed by atoms with Crippen LogP contribution in [0.3, 0.4) is 0 Å². The van der Waals surface area contributed by atoms with Gasteiger partial charge in [-0.2, -0.15) is 0 Å². The summed E-state index contributed by atoms with van der Waals surface area (Å²) in [6.45, 7) is 1.64. The molecular weight excluding hydrogens is 228 g/mol. The molecule has 0 fully saturated rings. The lowest BCUT2D eigenvalue weighted by Gasteiger charge is -2.18. The molecule has 0 atom stereocenters. The Morgan fingerprint density at radius 3 is 2.72 bits per heavy atom. The number of aromatic nitrogens is 1. The molecule has 2 aromatic rings. The molecule has 0 radical (unpaired) electrons. The molecule has 3 rings (SSSR count). The number of rotatable bonds is 2. The molecule has 1 aromatic heterocycles. The van der Waals surface area contributed by atoms with Gasteiger partial charge in [0.05, 0.1) is 11.4 Å². The first-order valence-corrected chi connectivity index (χ1v) is 5.93. The van der Waals surface area contributed by atoms with Crippen molar-refractivity contribution >= 4 is 0 Å². The second kappa shape index (κ2) is 4.66. The van der Waals surface area contributed by atoms with Crippen molar-refractivity contribution in [3.63, 3.8) is 0 Å². The average molecular weight is 242 g/mol. The molecule has 0 bridgehead atoms. The molecule has 4 nitrogen and oxygen atoms in total. The molecule has 0 spiro atoms. The van der Waals surface area contributed by atoms with Crippen molar-refractivity contribution in [3.8, 4) is 22.8 Å². The maximum absolute atomic E-state index is 5.60. The maximum Gasteiger partial charge on any atom is 0.162 e. The van der Waals surface area contributed by atoms with Gasteiger partial charge in [-0.15, -0.1) is 0 Å². The van der Waals surface area contributed by atoms with Crippen LogP contribution in [0.1, 0.15) is 5.69 Å². The van der Waals surface area contributed by atoms with E-state index in [1.165, 1.54) is 0 Å². The number of benzene rings is 1. The summed E-state index contributed by atoms with van der Waals surface area (Å²) in [5, 5.41) is 0. The van der Waals surface area contributed by atoms with E-state index in [1.807, 2.05) is 36.4 Å². The molecule has 0 saturated heterocycles. The minimum Gasteiger partial charge on any atom is -0.486 e. The third kappa shape index (κ3) is 2.02. The fourth-order valence-corrected chi connectivity index (χ4v) is 1.96. The largest absolute Gasteiger partial charge is 0.486 e. The van der Waals surface area contributed by atoms with Crippen molar-refractivity contribution in [2.75, 3.05) is 13.2 Å². The van der Waals surface area contributed by atoms with Crippen LogP contribution in [0.4, 0.5) is 0 Å². The molecule has 2 N–H and O–H groups in total. The molecule has 18 heavy (non-hydrogen) atoms. The summed E-state index contributed by atoms with van der Waals surface area (Å²) >= 11 is 0. The van der Waals surface area contributed by atoms with E-state index in [9.17, 15) is 0 Å². The molecule has 0 amide bonds. The Balaban J connectivity index is 2.00. The predicted molar refractivity (Wildman–Crippen MR) is 68.6 cm³/mol. The Kier molecular flexibility index (Phi) is 2.86. The van der Waals surface area contributed by atoms with Crippen molar-refractivity contribution in [3.05, 3.63) is 42.1 Å². The molecule has 0 aliphatic carbocycles. The van der Waals surface area contributed by atoms with Crippen LogP contribution in [0.25, 0.3) is 11.3 Å². The van der Waals surface area contributed by atoms with E-state index >= 15 is 0 Å². The number of nitrogens with zero attached hydrogens (tertiary/aromatic N) is 1. The van der Waals surface area contributed by atoms with Crippen LogP contribution in [-0.2, 0) is 6.54 Å². The number of pyridine rings is 1. The van der Waals surface area contributed by atoms with Crippen molar-refractivity contribution < 1.29 is 9.47 Å². The first-order valence-electron chi connectivity index (χ1n) is 5.93. The van der Waals surface area contributed by atoms with Crippen LogP contribution in [0, 0.1) is 0 Å². The summed E-state index contributed by atoms with van der Waals surface area (Å²) in [5.74, 6) is 1.57. The summed E-state index contributed by atoms with van der Waals surface area (Å²) in [4.78, 5) is 4.49. The molecule has 92 valence electrons. The van der Waals surface area contributed by atoms with Gasteiger partial charge in [-0.1, -0.05) is 6.07 Å². The van der Waals surface area contributed by atoms with Crippen molar-refractivity contribution in [1.82, 2.24) is 4.98 Å². The SMILES string of the molecule is NCc1cccc(-c2ccc3c(c2)OCCO3)n1. The summed E-state index contributed by atoms with van der Waals surface area (Å²) in [6.07, 6.45) is 0. The van der Waals surface area contributed by atoms with Gasteiger partial charge in [0.25, 0.3) is 0 Å². The van der Waals surface area contributed by atoms with E-state index in [0.29, 0.717) is 19.8 Å². The maximum atomic E-state index is 5.60. The molecule has 4 heteroatoms. The van der Waals surface area contributed by atoms with Gasteiger partial charge in [-0.25, -0.2) is 0 Å². The third-order valence-corrected chi connectivity index (χ3v) is 2.85. The first kappa shape index (κ1) is 11.0. The number of hydrogen-bond acceptors (Lipinski definition) is 4. The zero-order valence-corrected chi connectivity index (χ0v) is 9.93. The standard InChI is InChI=1S/C14H14N2O2/c15-9-11-2-1-3-12(16-11)10-4-5-13-14(8-10)18-7-6-17-13/h1-5,8H,6-7,9,15H2. The van der Waals surface area contributed by atoms with E-state index in [4.69, 9.17) is 15.2 Å². The lowest BCUT2D eigenvalue weighted by Crippen LogP contribution is -2.15. The summed E-state index contributed by atoms with van der Waals surface area (Å²) in [7, 11) is 0. The lowest BCUT2D eigenvalue weighted by molar-refractivity contribution is 0.171. The minimum absolute atomic E-state index is 0.443. The summed E-state index contributed by atoms with van der Waals surface area (Å²) < 4.78 is 11.1. The molecular formula is C14H14N2O2. The smallest absolute Gasteiger partial charge is 0.162 e. The number of hydrogen-bond donors (Lipinski definition) is 1. The van der Waals surface area contributed by atoms with E-state index in [2.05, 4.69) is 4.98 Å². The summed E-state index contributed by atoms with van der Waals surface area (Å²) in [5.41, 5.74) is 8.38. The van der Waals surface area contributed by atoms with Crippen LogP contribution >= 0.6 is 0 Å². The second-order valence-corrected chi connectivity index (χ2v) is 4.08. The molecule has 1 aliphatic rings. The van der Waals surface area contributed by atoms with Gasteiger partial charge in [0.1, 0.15) is 13.2 Å². The monoisotopic (exact) mass is 242 g/mol. The Morgan fingerprint density at radius 2 is 1.89 bits per heavy atom. The van der Waals surface area contributed by atoms with Crippen molar-refractivity contribution in [2.45, 2.75) is 6.54 Å². The first-order chi connectivity index (χ1) is 8.86. The zero-order chi connectivity index (χ0) is 12.4. The molecule has 1 aromatic carbocycles. The number of fused-ring (bicyclic) bond motifs is 1. The topological polar surface area (TPSA) is 57.4 Å². The van der Waals surface area contributed by atoms with Crippen molar-refractivity contribution in [2.24, 2.45) is 5.73 Å². The lowest BCUT2D eigenvalue weighted by atomic mass is 10.1. The van der Waals surface area contributed by atoms with Crippen molar-refractivity contribution in [1.29, 1.82) is 0 Å². The third-order valence-electron chi connectivity index (χ3n) is 2.85. The fraction of sp³-hybridized carbons (Fsp3) is 0.214. The van der Waals surface area contributed by atoms with Crippen LogP contribution < -0.4 is 15.2 Å². The molecule has 2 heterocycles. The Morgan fingerprint density at radius 1 is 1.06 bits per heavy atom. The Bertz CT molecular complexity index is 569. The second-order valence-electron chi connectivity index (χ2n) is 4.08. The highest BCUT2D eigenvalue weighted by molar-refractivity contribution is 5.64. The van der Waals surface area contributed by atoms with E-state index in [1.54, 1.807) is 0 Å². The Labute approximate surface area is 105 Å². The molecule has 1 aliphatic heterocycles. The predicted octanol–water partition coefficient (Wildman–Crippen LogP) is 1.98. The summed E-state index contributed by atoms with van der Waals surface area (Å²) in [6, 6.07) is 11.7. The van der Waals surface area contributed by atoms with E-state index in [-0.39, 0.29) is 0 Å². The zero-order valence-electron chi connectivity index (χ0n) is 9.93. The van der Waals surface area contributed by atoms with Gasteiger partial charge in [0.2, 0.25) is 0 Å². The van der Waals surface area contributed by atoms with Crippen LogP contribution in [0.2, 0.25) is 0 Å². The van der Waals surface area contributed by atoms with Gasteiger partial charge < -0.3 is 15.2 Å². The highest BCUT2D eigenvalue weighted by Gasteiger charge is 2.12. The molecule has 0 saturated carbocycles. The van der Waals surface area contributed by atoms with Gasteiger partial charge in [-0.3, -0.25) is 4.98 Å². The number of nitrogens with two attached hydrogens (primary N) is 1. The average Bonchev–Trinajstić information content (AvgIpc) is 2.47. The van der Waals surface area contributed by atoms with Gasteiger partial charge in [0.15, 0.2) is 11.5 Å². The highest BCUT2D eigenvalue weighted by Crippen LogP contribution is 2.33. The van der Waals surface area contributed by atoms with E-state index in [0.717, 1.165) is 28.5 Å². The Hall–Kier alpha value is -2.07.